The molecule has 0 bridgehead atoms. The van der Waals surface area contributed by atoms with Crippen LogP contribution in [0.3, 0.4) is 0 Å². The SMILES string of the molecule is Cc1cc(Br)c(F)cc1N1CC(S(=O)(=O)Cl)CC1=O. The summed E-state index contributed by atoms with van der Waals surface area (Å²) in [6.45, 7) is 1.67. The normalized spacial score (nSPS) is 20.1. The Morgan fingerprint density at radius 2 is 2.11 bits per heavy atom. The maximum Gasteiger partial charge on any atom is 0.237 e. The van der Waals surface area contributed by atoms with Crippen molar-refractivity contribution >= 4 is 47.3 Å². The lowest BCUT2D eigenvalue weighted by Gasteiger charge is -2.19. The number of nitrogens with zero attached hydrogens (tertiary/aromatic N) is 1. The molecule has 8 heteroatoms. The summed E-state index contributed by atoms with van der Waals surface area (Å²) in [5.74, 6) is -0.885. The van der Waals surface area contributed by atoms with Gasteiger partial charge in [0.2, 0.25) is 15.0 Å². The van der Waals surface area contributed by atoms with Crippen molar-refractivity contribution in [3.63, 3.8) is 0 Å². The molecule has 0 N–H and O–H groups in total. The maximum absolute atomic E-state index is 13.5. The molecule has 1 atom stereocenters. The van der Waals surface area contributed by atoms with Crippen molar-refractivity contribution < 1.29 is 17.6 Å². The molecule has 1 aliphatic rings. The molecular weight excluding hydrogens is 361 g/mol. The third kappa shape index (κ3) is 2.93. The van der Waals surface area contributed by atoms with E-state index in [9.17, 15) is 17.6 Å². The van der Waals surface area contributed by atoms with Gasteiger partial charge >= 0.3 is 0 Å². The van der Waals surface area contributed by atoms with E-state index in [0.29, 0.717) is 15.7 Å². The first-order chi connectivity index (χ1) is 8.70. The van der Waals surface area contributed by atoms with Gasteiger partial charge in [0.25, 0.3) is 0 Å². The van der Waals surface area contributed by atoms with Crippen molar-refractivity contribution in [3.05, 3.63) is 28.0 Å². The Morgan fingerprint density at radius 3 is 2.63 bits per heavy atom. The molecule has 1 unspecified atom stereocenters. The molecule has 0 aromatic heterocycles. The molecule has 1 heterocycles. The molecule has 0 saturated carbocycles. The Hall–Kier alpha value is -0.660. The Balaban J connectivity index is 2.39. The van der Waals surface area contributed by atoms with Gasteiger partial charge < -0.3 is 4.90 Å². The van der Waals surface area contributed by atoms with Crippen molar-refractivity contribution in [1.29, 1.82) is 0 Å². The highest BCUT2D eigenvalue weighted by Gasteiger charge is 2.38. The van der Waals surface area contributed by atoms with Gasteiger partial charge in [0.05, 0.1) is 4.47 Å². The first-order valence-electron chi connectivity index (χ1n) is 5.39. The maximum atomic E-state index is 13.5. The van der Waals surface area contributed by atoms with Crippen LogP contribution in [-0.4, -0.2) is 26.1 Å². The fourth-order valence-electron chi connectivity index (χ4n) is 2.02. The quantitative estimate of drug-likeness (QED) is 0.752. The highest BCUT2D eigenvalue weighted by atomic mass is 79.9. The minimum Gasteiger partial charge on any atom is -0.311 e. The first-order valence-corrected chi connectivity index (χ1v) is 8.56. The van der Waals surface area contributed by atoms with Gasteiger partial charge in [-0.05, 0) is 40.5 Å². The molecule has 1 aromatic carbocycles. The third-order valence-corrected chi connectivity index (χ3v) is 5.49. The zero-order chi connectivity index (χ0) is 14.4. The predicted molar refractivity (Wildman–Crippen MR) is 74.4 cm³/mol. The van der Waals surface area contributed by atoms with Crippen molar-refractivity contribution in [2.75, 3.05) is 11.4 Å². The highest BCUT2D eigenvalue weighted by molar-refractivity contribution is 9.10. The number of hydrogen-bond acceptors (Lipinski definition) is 3. The van der Waals surface area contributed by atoms with Crippen molar-refractivity contribution in [2.24, 2.45) is 0 Å². The van der Waals surface area contributed by atoms with Crippen LogP contribution >= 0.6 is 26.6 Å². The van der Waals surface area contributed by atoms with E-state index in [-0.39, 0.29) is 18.9 Å². The Kier molecular flexibility index (Phi) is 3.90. The number of halogens is 3. The number of benzene rings is 1. The summed E-state index contributed by atoms with van der Waals surface area (Å²) in [7, 11) is 1.46. The van der Waals surface area contributed by atoms with E-state index in [1.807, 2.05) is 0 Å². The second kappa shape index (κ2) is 5.03. The molecule has 1 saturated heterocycles. The summed E-state index contributed by atoms with van der Waals surface area (Å²) in [6.07, 6.45) is -0.178. The fraction of sp³-hybridized carbons (Fsp3) is 0.364. The van der Waals surface area contributed by atoms with E-state index in [0.717, 1.165) is 0 Å². The number of rotatable bonds is 2. The Morgan fingerprint density at radius 1 is 1.47 bits per heavy atom. The number of anilines is 1. The van der Waals surface area contributed by atoms with Crippen LogP contribution in [0.15, 0.2) is 16.6 Å². The van der Waals surface area contributed by atoms with E-state index in [1.54, 1.807) is 13.0 Å². The van der Waals surface area contributed by atoms with E-state index in [2.05, 4.69) is 15.9 Å². The summed E-state index contributed by atoms with van der Waals surface area (Å²) in [6, 6.07) is 2.75. The molecule has 0 spiro atoms. The summed E-state index contributed by atoms with van der Waals surface area (Å²) in [5.41, 5.74) is 1.04. The van der Waals surface area contributed by atoms with E-state index in [1.165, 1.54) is 11.0 Å². The van der Waals surface area contributed by atoms with Gasteiger partial charge in [-0.15, -0.1) is 0 Å². The van der Waals surface area contributed by atoms with Gasteiger partial charge in [0.1, 0.15) is 11.1 Å². The zero-order valence-corrected chi connectivity index (χ0v) is 13.0. The van der Waals surface area contributed by atoms with E-state index in [4.69, 9.17) is 10.7 Å². The summed E-state index contributed by atoms with van der Waals surface area (Å²) in [4.78, 5) is 13.1. The molecular formula is C11H10BrClFNO3S. The van der Waals surface area contributed by atoms with Gasteiger partial charge in [-0.2, -0.15) is 0 Å². The molecule has 1 amide bonds. The van der Waals surface area contributed by atoms with Crippen LogP contribution in [0.4, 0.5) is 10.1 Å². The fourth-order valence-corrected chi connectivity index (χ4v) is 3.51. The number of amides is 1. The highest BCUT2D eigenvalue weighted by Crippen LogP contribution is 2.32. The minimum atomic E-state index is -3.80. The molecule has 0 aliphatic carbocycles. The van der Waals surface area contributed by atoms with Crippen molar-refractivity contribution in [2.45, 2.75) is 18.6 Å². The Bertz CT molecular complexity index is 650. The van der Waals surface area contributed by atoms with Gasteiger partial charge in [0, 0.05) is 29.3 Å². The first kappa shape index (κ1) is 14.7. The Labute approximate surface area is 123 Å². The summed E-state index contributed by atoms with van der Waals surface area (Å²) >= 11 is 3.05. The number of carbonyl (C=O) groups is 1. The average molecular weight is 371 g/mol. The van der Waals surface area contributed by atoms with Crippen molar-refractivity contribution in [1.82, 2.24) is 0 Å². The van der Waals surface area contributed by atoms with Crippen LogP contribution in [0.2, 0.25) is 0 Å². The monoisotopic (exact) mass is 369 g/mol. The lowest BCUT2D eigenvalue weighted by Crippen LogP contribution is -2.27. The smallest absolute Gasteiger partial charge is 0.237 e. The number of carbonyl (C=O) groups excluding carboxylic acids is 1. The molecule has 104 valence electrons. The van der Waals surface area contributed by atoms with Crippen LogP contribution < -0.4 is 4.90 Å². The molecule has 1 fully saturated rings. The lowest BCUT2D eigenvalue weighted by atomic mass is 10.2. The molecule has 4 nitrogen and oxygen atoms in total. The van der Waals surface area contributed by atoms with Crippen LogP contribution in [0.1, 0.15) is 12.0 Å². The molecule has 19 heavy (non-hydrogen) atoms. The predicted octanol–water partition coefficient (Wildman–Crippen LogP) is 2.57. The third-order valence-electron chi connectivity index (χ3n) is 3.02. The van der Waals surface area contributed by atoms with Gasteiger partial charge in [-0.1, -0.05) is 0 Å². The second-order valence-electron chi connectivity index (χ2n) is 4.36. The molecule has 1 aromatic rings. The van der Waals surface area contributed by atoms with Crippen LogP contribution in [0.5, 0.6) is 0 Å². The van der Waals surface area contributed by atoms with Crippen molar-refractivity contribution in [3.8, 4) is 0 Å². The largest absolute Gasteiger partial charge is 0.311 e. The van der Waals surface area contributed by atoms with Gasteiger partial charge in [0.15, 0.2) is 0 Å². The van der Waals surface area contributed by atoms with Crippen LogP contribution in [0, 0.1) is 12.7 Å². The van der Waals surface area contributed by atoms with Gasteiger partial charge in [-0.25, -0.2) is 12.8 Å². The molecule has 2 rings (SSSR count). The summed E-state index contributed by atoms with van der Waals surface area (Å²) in [5, 5.41) is -0.951. The standard InChI is InChI=1S/C11H10BrClFNO3S/c1-6-2-8(12)9(14)4-10(6)15-5-7(3-11(15)16)19(13,17)18/h2,4,7H,3,5H2,1H3. The molecule has 1 aliphatic heterocycles. The van der Waals surface area contributed by atoms with E-state index >= 15 is 0 Å². The number of aryl methyl sites for hydroxylation is 1. The molecule has 0 radical (unpaired) electrons. The van der Waals surface area contributed by atoms with E-state index < -0.39 is 20.1 Å². The van der Waals surface area contributed by atoms with Gasteiger partial charge in [-0.3, -0.25) is 4.79 Å². The van der Waals surface area contributed by atoms with Crippen LogP contribution in [0.25, 0.3) is 0 Å². The summed E-state index contributed by atoms with van der Waals surface area (Å²) < 4.78 is 36.4. The lowest BCUT2D eigenvalue weighted by molar-refractivity contribution is -0.117. The second-order valence-corrected chi connectivity index (χ2v) is 8.12. The van der Waals surface area contributed by atoms with Crippen LogP contribution in [-0.2, 0) is 13.8 Å². The minimum absolute atomic E-state index is 0.0490. The average Bonchev–Trinajstić information content (AvgIpc) is 2.65. The zero-order valence-electron chi connectivity index (χ0n) is 9.86. The number of hydrogen-bond donors (Lipinski definition) is 0. The topological polar surface area (TPSA) is 54.5 Å².